The summed E-state index contributed by atoms with van der Waals surface area (Å²) in [5, 5.41) is 18.0. The van der Waals surface area contributed by atoms with Crippen LogP contribution in [-0.4, -0.2) is 64.5 Å². The van der Waals surface area contributed by atoms with Crippen LogP contribution in [0.15, 0.2) is 18.3 Å². The Balaban J connectivity index is 1.75. The maximum atomic E-state index is 12.2. The summed E-state index contributed by atoms with van der Waals surface area (Å²) in [6.45, 7) is 6.61. The molecule has 0 bridgehead atoms. The average molecular weight is 407 g/mol. The topological polar surface area (TPSA) is 110 Å². The Morgan fingerprint density at radius 3 is 2.93 bits per heavy atom. The molecule has 2 atom stereocenters. The van der Waals surface area contributed by atoms with E-state index < -0.39 is 0 Å². The largest absolute Gasteiger partial charge is 0.377 e. The van der Waals surface area contributed by atoms with Crippen LogP contribution in [0.2, 0.25) is 0 Å². The normalized spacial score (nSPS) is 21.3. The second-order valence-corrected chi connectivity index (χ2v) is 7.56. The van der Waals surface area contributed by atoms with E-state index in [0.29, 0.717) is 42.5 Å². The number of H-pyrrole nitrogens is 1. The van der Waals surface area contributed by atoms with Gasteiger partial charge in [-0.1, -0.05) is 6.92 Å². The predicted octanol–water partition coefficient (Wildman–Crippen LogP) is 1.95. The van der Waals surface area contributed by atoms with Crippen molar-refractivity contribution in [1.29, 1.82) is 5.41 Å². The molecule has 0 spiro atoms. The Labute approximate surface area is 175 Å². The van der Waals surface area contributed by atoms with Gasteiger partial charge in [-0.25, -0.2) is 4.98 Å². The van der Waals surface area contributed by atoms with Gasteiger partial charge in [0.25, 0.3) is 0 Å². The molecule has 156 valence electrons. The first-order valence-electron chi connectivity index (χ1n) is 10.1. The Morgan fingerprint density at radius 2 is 2.27 bits per heavy atom. The molecule has 2 aliphatic rings. The van der Waals surface area contributed by atoms with Crippen molar-refractivity contribution in [2.75, 3.05) is 36.5 Å². The van der Waals surface area contributed by atoms with E-state index in [-0.39, 0.29) is 17.9 Å². The van der Waals surface area contributed by atoms with Gasteiger partial charge >= 0.3 is 0 Å². The molecular weight excluding hydrogens is 382 g/mol. The van der Waals surface area contributed by atoms with Crippen molar-refractivity contribution in [2.24, 2.45) is 5.92 Å². The molecule has 4 heterocycles. The third-order valence-corrected chi connectivity index (χ3v) is 5.40. The van der Waals surface area contributed by atoms with Gasteiger partial charge in [0.05, 0.1) is 31.0 Å². The van der Waals surface area contributed by atoms with E-state index in [2.05, 4.69) is 39.3 Å². The molecule has 0 saturated carbocycles. The molecule has 0 radical (unpaired) electrons. The highest BCUT2D eigenvalue weighted by Gasteiger charge is 2.27. The second kappa shape index (κ2) is 8.55. The van der Waals surface area contributed by atoms with E-state index in [4.69, 9.17) is 15.1 Å². The zero-order valence-electron chi connectivity index (χ0n) is 17.1. The first-order chi connectivity index (χ1) is 14.6. The minimum absolute atomic E-state index is 0.00122. The summed E-state index contributed by atoms with van der Waals surface area (Å²) in [6, 6.07) is 6.83. The first kappa shape index (κ1) is 19.9. The van der Waals surface area contributed by atoms with Crippen molar-refractivity contribution in [3.05, 3.63) is 29.5 Å². The van der Waals surface area contributed by atoms with E-state index in [1.807, 2.05) is 13.0 Å². The lowest BCUT2D eigenvalue weighted by molar-refractivity contribution is -0.127. The summed E-state index contributed by atoms with van der Waals surface area (Å²) in [5.41, 5.74) is 1.20. The molecule has 9 heteroatoms. The number of ether oxygens (including phenoxy) is 1. The molecule has 2 saturated heterocycles. The first-order valence-corrected chi connectivity index (χ1v) is 10.1. The highest BCUT2D eigenvalue weighted by molar-refractivity contribution is 5.90. The SMILES string of the molecule is CC1CCN(C#Cc2cc(N3CCOC[C@H]3C)nc(Nc3ccn[nH]3)c2C=N)C1=O. The van der Waals surface area contributed by atoms with Crippen LogP contribution >= 0.6 is 0 Å². The maximum absolute atomic E-state index is 12.2. The smallest absolute Gasteiger partial charge is 0.236 e. The van der Waals surface area contributed by atoms with E-state index in [1.54, 1.807) is 17.2 Å². The van der Waals surface area contributed by atoms with Crippen molar-refractivity contribution in [2.45, 2.75) is 26.3 Å². The predicted molar refractivity (Wildman–Crippen MR) is 114 cm³/mol. The van der Waals surface area contributed by atoms with Gasteiger partial charge in [0, 0.05) is 42.9 Å². The van der Waals surface area contributed by atoms with E-state index in [9.17, 15) is 4.79 Å². The number of rotatable bonds is 4. The molecule has 4 rings (SSSR count). The summed E-state index contributed by atoms with van der Waals surface area (Å²) in [5.74, 6) is 5.09. The molecule has 9 nitrogen and oxygen atoms in total. The summed E-state index contributed by atoms with van der Waals surface area (Å²) in [4.78, 5) is 20.7. The second-order valence-electron chi connectivity index (χ2n) is 7.56. The van der Waals surface area contributed by atoms with Gasteiger partial charge in [-0.2, -0.15) is 5.10 Å². The fraction of sp³-hybridized carbons (Fsp3) is 0.429. The van der Waals surface area contributed by atoms with Crippen LogP contribution in [-0.2, 0) is 9.53 Å². The van der Waals surface area contributed by atoms with Gasteiger partial charge < -0.3 is 20.4 Å². The molecule has 2 aliphatic heterocycles. The fourth-order valence-electron chi connectivity index (χ4n) is 3.62. The number of nitrogens with zero attached hydrogens (tertiary/aromatic N) is 4. The molecule has 1 unspecified atom stereocenters. The quantitative estimate of drug-likeness (QED) is 0.528. The van der Waals surface area contributed by atoms with Crippen LogP contribution in [0.3, 0.4) is 0 Å². The van der Waals surface area contributed by atoms with E-state index in [1.165, 1.54) is 6.21 Å². The number of pyridine rings is 1. The number of aromatic nitrogens is 3. The molecule has 30 heavy (non-hydrogen) atoms. The number of aromatic amines is 1. The standard InChI is InChI=1S/C21H25N7O2/c1-14-4-7-27(21(14)29)8-5-16-11-19(28-9-10-30-13-15(28)2)25-20(17(16)12-22)24-18-3-6-23-26-18/h3,6,11-12,14-15,22H,4,7,9-10,13H2,1-2H3,(H2,23,24,25,26)/t14?,15-/m1/s1. The molecule has 0 aromatic carbocycles. The molecule has 2 aromatic heterocycles. The zero-order valence-corrected chi connectivity index (χ0v) is 17.1. The number of hydrogen-bond donors (Lipinski definition) is 3. The maximum Gasteiger partial charge on any atom is 0.236 e. The molecule has 1 amide bonds. The Kier molecular flexibility index (Phi) is 5.68. The highest BCUT2D eigenvalue weighted by Crippen LogP contribution is 2.27. The summed E-state index contributed by atoms with van der Waals surface area (Å²) in [7, 11) is 0. The number of amides is 1. The minimum atomic E-state index is 0.00122. The third-order valence-electron chi connectivity index (χ3n) is 5.40. The van der Waals surface area contributed by atoms with Gasteiger partial charge in [0.2, 0.25) is 5.91 Å². The lowest BCUT2D eigenvalue weighted by Crippen LogP contribution is -2.44. The number of anilines is 3. The van der Waals surface area contributed by atoms with Crippen LogP contribution in [0.25, 0.3) is 0 Å². The van der Waals surface area contributed by atoms with Crippen LogP contribution in [0.1, 0.15) is 31.4 Å². The Bertz CT molecular complexity index is 993. The van der Waals surface area contributed by atoms with Gasteiger partial charge in [-0.05, 0) is 25.3 Å². The van der Waals surface area contributed by atoms with Crippen molar-refractivity contribution in [3.8, 4) is 12.0 Å². The molecule has 2 fully saturated rings. The van der Waals surface area contributed by atoms with Crippen molar-refractivity contribution >= 4 is 29.6 Å². The van der Waals surface area contributed by atoms with Crippen LogP contribution in [0, 0.1) is 23.3 Å². The summed E-state index contributed by atoms with van der Waals surface area (Å²) < 4.78 is 5.55. The van der Waals surface area contributed by atoms with Gasteiger partial charge in [0.15, 0.2) is 0 Å². The van der Waals surface area contributed by atoms with E-state index in [0.717, 1.165) is 18.8 Å². The number of nitrogens with one attached hydrogen (secondary N) is 3. The van der Waals surface area contributed by atoms with Crippen molar-refractivity contribution in [1.82, 2.24) is 20.1 Å². The number of morpholine rings is 1. The van der Waals surface area contributed by atoms with E-state index >= 15 is 0 Å². The Morgan fingerprint density at radius 1 is 1.40 bits per heavy atom. The Hall–Kier alpha value is -3.38. The van der Waals surface area contributed by atoms with Gasteiger partial charge in [-0.15, -0.1) is 0 Å². The molecule has 2 aromatic rings. The van der Waals surface area contributed by atoms with Crippen molar-refractivity contribution < 1.29 is 9.53 Å². The molecular formula is C21H25N7O2. The van der Waals surface area contributed by atoms with Crippen molar-refractivity contribution in [3.63, 3.8) is 0 Å². The molecule has 3 N–H and O–H groups in total. The molecule has 0 aliphatic carbocycles. The summed E-state index contributed by atoms with van der Waals surface area (Å²) >= 11 is 0. The van der Waals surface area contributed by atoms with Gasteiger partial charge in [0.1, 0.15) is 17.5 Å². The van der Waals surface area contributed by atoms with Crippen LogP contribution < -0.4 is 10.2 Å². The number of carbonyl (C=O) groups is 1. The third kappa shape index (κ3) is 4.00. The monoisotopic (exact) mass is 407 g/mol. The summed E-state index contributed by atoms with van der Waals surface area (Å²) in [6.07, 6.45) is 3.68. The van der Waals surface area contributed by atoms with Crippen LogP contribution in [0.4, 0.5) is 17.5 Å². The minimum Gasteiger partial charge on any atom is -0.377 e. The van der Waals surface area contributed by atoms with Gasteiger partial charge in [-0.3, -0.25) is 14.8 Å². The lowest BCUT2D eigenvalue weighted by atomic mass is 10.1. The average Bonchev–Trinajstić information content (AvgIpc) is 3.37. The highest BCUT2D eigenvalue weighted by atomic mass is 16.5. The lowest BCUT2D eigenvalue weighted by Gasteiger charge is -2.34. The zero-order chi connectivity index (χ0) is 21.1. The number of carbonyl (C=O) groups excluding carboxylic acids is 1. The number of hydrogen-bond acceptors (Lipinski definition) is 7. The van der Waals surface area contributed by atoms with Crippen LogP contribution in [0.5, 0.6) is 0 Å². The fourth-order valence-corrected chi connectivity index (χ4v) is 3.62. The number of likely N-dealkylation sites (tertiary alicyclic amines) is 1.